The van der Waals surface area contributed by atoms with E-state index in [9.17, 15) is 24.6 Å². The second-order valence-corrected chi connectivity index (χ2v) is 6.52. The fourth-order valence-corrected chi connectivity index (χ4v) is 3.10. The Morgan fingerprint density at radius 3 is 2.18 bits per heavy atom. The third-order valence-corrected chi connectivity index (χ3v) is 4.60. The number of hydrogen-bond acceptors (Lipinski definition) is 5. The summed E-state index contributed by atoms with van der Waals surface area (Å²) in [6.45, 7) is 6.83. The minimum absolute atomic E-state index is 0.189. The first kappa shape index (κ1) is 21.2. The SMILES string of the molecule is CCCCN(CC)Cc1ccc(-c2c(C(=O)O)c(N)[nH]c(=O)c2C(=O)O)cc1. The van der Waals surface area contributed by atoms with Gasteiger partial charge in [-0.2, -0.15) is 0 Å². The normalized spacial score (nSPS) is 11.0. The molecule has 0 saturated carbocycles. The van der Waals surface area contributed by atoms with Crippen molar-refractivity contribution in [3.63, 3.8) is 0 Å². The second-order valence-electron chi connectivity index (χ2n) is 6.52. The molecule has 1 aromatic carbocycles. The van der Waals surface area contributed by atoms with Gasteiger partial charge >= 0.3 is 11.9 Å². The molecular formula is C20H25N3O5. The van der Waals surface area contributed by atoms with Crippen molar-refractivity contribution in [1.82, 2.24) is 9.88 Å². The lowest BCUT2D eigenvalue weighted by atomic mass is 9.94. The van der Waals surface area contributed by atoms with Gasteiger partial charge in [-0.05, 0) is 30.6 Å². The van der Waals surface area contributed by atoms with E-state index in [1.54, 1.807) is 24.3 Å². The molecule has 2 aromatic rings. The van der Waals surface area contributed by atoms with E-state index in [1.165, 1.54) is 0 Å². The molecule has 0 radical (unpaired) electrons. The van der Waals surface area contributed by atoms with Gasteiger partial charge in [0.2, 0.25) is 0 Å². The number of benzene rings is 1. The summed E-state index contributed by atoms with van der Waals surface area (Å²) in [6.07, 6.45) is 2.21. The van der Waals surface area contributed by atoms with Crippen LogP contribution in [0.4, 0.5) is 5.82 Å². The first-order chi connectivity index (χ1) is 13.3. The average molecular weight is 387 g/mol. The van der Waals surface area contributed by atoms with E-state index in [-0.39, 0.29) is 11.4 Å². The number of carbonyl (C=O) groups is 2. The average Bonchev–Trinajstić information content (AvgIpc) is 2.64. The number of aromatic amines is 1. The van der Waals surface area contributed by atoms with Crippen LogP contribution in [-0.2, 0) is 6.54 Å². The minimum Gasteiger partial charge on any atom is -0.478 e. The van der Waals surface area contributed by atoms with Crippen LogP contribution in [0.3, 0.4) is 0 Å². The number of aromatic nitrogens is 1. The maximum Gasteiger partial charge on any atom is 0.342 e. The maximum atomic E-state index is 12.1. The predicted molar refractivity (Wildman–Crippen MR) is 107 cm³/mol. The van der Waals surface area contributed by atoms with E-state index in [0.717, 1.165) is 38.0 Å². The van der Waals surface area contributed by atoms with Crippen LogP contribution in [0, 0.1) is 0 Å². The summed E-state index contributed by atoms with van der Waals surface area (Å²) in [5.41, 5.74) is 4.78. The molecule has 0 aliphatic rings. The van der Waals surface area contributed by atoms with E-state index in [0.29, 0.717) is 5.56 Å². The monoisotopic (exact) mass is 387 g/mol. The van der Waals surface area contributed by atoms with Crippen molar-refractivity contribution in [2.24, 2.45) is 0 Å². The van der Waals surface area contributed by atoms with Gasteiger partial charge in [0.15, 0.2) is 0 Å². The molecule has 0 aliphatic carbocycles. The summed E-state index contributed by atoms with van der Waals surface area (Å²) in [6, 6.07) is 6.85. The van der Waals surface area contributed by atoms with Crippen LogP contribution in [-0.4, -0.2) is 45.1 Å². The van der Waals surface area contributed by atoms with Gasteiger partial charge in [-0.3, -0.25) is 9.69 Å². The standard InChI is InChI=1S/C20H25N3O5/c1-3-5-10-23(4-2)11-12-6-8-13(9-7-12)14-15(19(25)26)17(21)22-18(24)16(14)20(27)28/h6-9H,3-5,10-11H2,1-2H3,(H,25,26)(H,27,28)(H3,21,22,24). The summed E-state index contributed by atoms with van der Waals surface area (Å²) < 4.78 is 0. The van der Waals surface area contributed by atoms with Crippen LogP contribution in [0.15, 0.2) is 29.1 Å². The molecule has 1 aromatic heterocycles. The van der Waals surface area contributed by atoms with Crippen molar-refractivity contribution in [3.8, 4) is 11.1 Å². The Bertz CT molecular complexity index is 919. The zero-order valence-corrected chi connectivity index (χ0v) is 16.0. The van der Waals surface area contributed by atoms with Gasteiger partial charge in [-0.25, -0.2) is 9.59 Å². The molecule has 2 rings (SSSR count). The Balaban J connectivity index is 2.49. The largest absolute Gasteiger partial charge is 0.478 e. The number of nitrogen functional groups attached to an aromatic ring is 1. The highest BCUT2D eigenvalue weighted by molar-refractivity contribution is 6.07. The third kappa shape index (κ3) is 4.58. The molecule has 8 nitrogen and oxygen atoms in total. The lowest BCUT2D eigenvalue weighted by molar-refractivity contribution is 0.0695. The molecule has 0 saturated heterocycles. The van der Waals surface area contributed by atoms with E-state index in [1.807, 2.05) is 0 Å². The van der Waals surface area contributed by atoms with Crippen LogP contribution in [0.5, 0.6) is 0 Å². The Kier molecular flexibility index (Phi) is 6.94. The van der Waals surface area contributed by atoms with E-state index >= 15 is 0 Å². The number of H-pyrrole nitrogens is 1. The maximum absolute atomic E-state index is 12.1. The number of nitrogens with one attached hydrogen (secondary N) is 1. The Morgan fingerprint density at radius 2 is 1.68 bits per heavy atom. The number of aromatic carboxylic acids is 2. The fourth-order valence-electron chi connectivity index (χ4n) is 3.10. The Labute approximate surface area is 162 Å². The molecular weight excluding hydrogens is 362 g/mol. The number of pyridine rings is 1. The molecule has 28 heavy (non-hydrogen) atoms. The smallest absolute Gasteiger partial charge is 0.342 e. The van der Waals surface area contributed by atoms with Crippen molar-refractivity contribution in [2.45, 2.75) is 33.2 Å². The molecule has 1 heterocycles. The highest BCUT2D eigenvalue weighted by Crippen LogP contribution is 2.29. The molecule has 0 spiro atoms. The first-order valence-electron chi connectivity index (χ1n) is 9.14. The molecule has 0 atom stereocenters. The number of carboxylic acids is 2. The van der Waals surface area contributed by atoms with Crippen molar-refractivity contribution in [2.75, 3.05) is 18.8 Å². The lowest BCUT2D eigenvalue weighted by Crippen LogP contribution is -2.24. The van der Waals surface area contributed by atoms with E-state index in [4.69, 9.17) is 5.73 Å². The van der Waals surface area contributed by atoms with Gasteiger partial charge in [-0.15, -0.1) is 0 Å². The number of rotatable bonds is 9. The summed E-state index contributed by atoms with van der Waals surface area (Å²) in [5, 5.41) is 18.9. The van der Waals surface area contributed by atoms with Gasteiger partial charge in [0, 0.05) is 12.1 Å². The van der Waals surface area contributed by atoms with Gasteiger partial charge < -0.3 is 20.9 Å². The molecule has 0 fully saturated rings. The first-order valence-corrected chi connectivity index (χ1v) is 9.14. The van der Waals surface area contributed by atoms with Gasteiger partial charge in [0.25, 0.3) is 5.56 Å². The summed E-state index contributed by atoms with van der Waals surface area (Å²) in [7, 11) is 0. The predicted octanol–water partition coefficient (Wildman–Crippen LogP) is 2.64. The van der Waals surface area contributed by atoms with Gasteiger partial charge in [-0.1, -0.05) is 44.5 Å². The Hall–Kier alpha value is -3.13. The molecule has 150 valence electrons. The molecule has 0 amide bonds. The van der Waals surface area contributed by atoms with Crippen LogP contribution in [0.25, 0.3) is 11.1 Å². The minimum atomic E-state index is -1.51. The van der Waals surface area contributed by atoms with E-state index in [2.05, 4.69) is 23.7 Å². The van der Waals surface area contributed by atoms with Crippen molar-refractivity contribution in [1.29, 1.82) is 0 Å². The van der Waals surface area contributed by atoms with Crippen LogP contribution in [0.2, 0.25) is 0 Å². The third-order valence-electron chi connectivity index (χ3n) is 4.60. The quantitative estimate of drug-likeness (QED) is 0.519. The number of nitrogens with two attached hydrogens (primary N) is 1. The highest BCUT2D eigenvalue weighted by atomic mass is 16.4. The summed E-state index contributed by atoms with van der Waals surface area (Å²) in [4.78, 5) is 39.7. The van der Waals surface area contributed by atoms with Gasteiger partial charge in [0.05, 0.1) is 0 Å². The zero-order valence-electron chi connectivity index (χ0n) is 16.0. The number of hydrogen-bond donors (Lipinski definition) is 4. The van der Waals surface area contributed by atoms with E-state index < -0.39 is 28.6 Å². The molecule has 8 heteroatoms. The zero-order chi connectivity index (χ0) is 20.8. The molecule has 5 N–H and O–H groups in total. The van der Waals surface area contributed by atoms with Crippen LogP contribution < -0.4 is 11.3 Å². The summed E-state index contributed by atoms with van der Waals surface area (Å²) >= 11 is 0. The number of carboxylic acid groups (broad SMARTS) is 2. The number of nitrogens with zero attached hydrogens (tertiary/aromatic N) is 1. The summed E-state index contributed by atoms with van der Waals surface area (Å²) in [5.74, 6) is -3.30. The van der Waals surface area contributed by atoms with Crippen molar-refractivity contribution < 1.29 is 19.8 Å². The topological polar surface area (TPSA) is 137 Å². The Morgan fingerprint density at radius 1 is 1.07 bits per heavy atom. The molecule has 0 aliphatic heterocycles. The number of anilines is 1. The van der Waals surface area contributed by atoms with Crippen molar-refractivity contribution >= 4 is 17.8 Å². The fraction of sp³-hybridized carbons (Fsp3) is 0.350. The molecule has 0 bridgehead atoms. The highest BCUT2D eigenvalue weighted by Gasteiger charge is 2.26. The number of unbranched alkanes of at least 4 members (excludes halogenated alkanes) is 1. The second kappa shape index (κ2) is 9.18. The van der Waals surface area contributed by atoms with Gasteiger partial charge in [0.1, 0.15) is 16.9 Å². The van der Waals surface area contributed by atoms with Crippen LogP contribution >= 0.6 is 0 Å². The van der Waals surface area contributed by atoms with Crippen molar-refractivity contribution in [3.05, 3.63) is 51.3 Å². The van der Waals surface area contributed by atoms with Crippen LogP contribution in [0.1, 0.15) is 53.0 Å². The lowest BCUT2D eigenvalue weighted by Gasteiger charge is -2.20. The molecule has 0 unspecified atom stereocenters.